The molecule has 0 aliphatic heterocycles. The van der Waals surface area contributed by atoms with E-state index in [2.05, 4.69) is 27.5 Å². The molecule has 0 saturated carbocycles. The minimum Gasteiger partial charge on any atom is -0.497 e. The molecule has 0 bridgehead atoms. The Morgan fingerprint density at radius 3 is 2.64 bits per heavy atom. The van der Waals surface area contributed by atoms with Crippen LogP contribution in [0.5, 0.6) is 5.75 Å². The molecule has 6 nitrogen and oxygen atoms in total. The van der Waals surface area contributed by atoms with E-state index >= 15 is 0 Å². The zero-order valence-electron chi connectivity index (χ0n) is 18.1. The second-order valence-electron chi connectivity index (χ2n) is 7.61. The molecule has 2 heterocycles. The molecule has 5 rings (SSSR count). The van der Waals surface area contributed by atoms with Gasteiger partial charge < -0.3 is 10.1 Å². The number of fused-ring (bicyclic) bond motifs is 1. The van der Waals surface area contributed by atoms with Crippen LogP contribution in [0, 0.1) is 0 Å². The third-order valence-electron chi connectivity index (χ3n) is 5.63. The van der Waals surface area contributed by atoms with Crippen LogP contribution >= 0.6 is 0 Å². The fourth-order valence-corrected chi connectivity index (χ4v) is 3.91. The molecule has 0 radical (unpaired) electrons. The van der Waals surface area contributed by atoms with Crippen LogP contribution in [0.25, 0.3) is 27.6 Å². The minimum atomic E-state index is -0.129. The largest absolute Gasteiger partial charge is 0.497 e. The predicted octanol–water partition coefficient (Wildman–Crippen LogP) is 5.03. The Morgan fingerprint density at radius 1 is 0.970 bits per heavy atom. The number of benzene rings is 3. The third kappa shape index (κ3) is 4.19. The zero-order valence-corrected chi connectivity index (χ0v) is 18.1. The van der Waals surface area contributed by atoms with E-state index < -0.39 is 0 Å². The van der Waals surface area contributed by atoms with Crippen molar-refractivity contribution in [3.63, 3.8) is 0 Å². The molecule has 6 heteroatoms. The molecule has 33 heavy (non-hydrogen) atoms. The number of amides is 1. The van der Waals surface area contributed by atoms with Gasteiger partial charge in [-0.1, -0.05) is 24.3 Å². The number of hydrogen-bond donors (Lipinski definition) is 1. The average Bonchev–Trinajstić information content (AvgIpc) is 3.42. The molecular weight excluding hydrogens is 412 g/mol. The molecule has 0 aliphatic carbocycles. The lowest BCUT2D eigenvalue weighted by atomic mass is 9.96. The van der Waals surface area contributed by atoms with E-state index in [1.54, 1.807) is 36.3 Å². The summed E-state index contributed by atoms with van der Waals surface area (Å²) in [6.07, 6.45) is 7.22. The number of ether oxygens (including phenoxy) is 1. The molecule has 0 spiro atoms. The lowest BCUT2D eigenvalue weighted by Gasteiger charge is -2.13. The average molecular weight is 434 g/mol. The summed E-state index contributed by atoms with van der Waals surface area (Å²) >= 11 is 0. The maximum absolute atomic E-state index is 12.7. The standard InChI is InChI=1S/C27H22N4O2/c1-33-23-5-2-4-20(16-23)24-11-8-21(26-18-28-14-12-25(24)26)17-29-27(32)19-6-9-22(10-7-19)31-15-3-13-30-31/h2-16,18H,17H2,1H3,(H,29,32). The first kappa shape index (κ1) is 20.5. The third-order valence-corrected chi connectivity index (χ3v) is 5.63. The quantitative estimate of drug-likeness (QED) is 0.407. The van der Waals surface area contributed by atoms with Gasteiger partial charge in [-0.25, -0.2) is 4.68 Å². The van der Waals surface area contributed by atoms with E-state index in [0.717, 1.165) is 38.9 Å². The highest BCUT2D eigenvalue weighted by Crippen LogP contribution is 2.32. The van der Waals surface area contributed by atoms with Gasteiger partial charge in [-0.2, -0.15) is 5.10 Å². The number of methoxy groups -OCH3 is 1. The van der Waals surface area contributed by atoms with Gasteiger partial charge in [0.1, 0.15) is 5.75 Å². The molecule has 1 amide bonds. The first-order chi connectivity index (χ1) is 16.2. The first-order valence-corrected chi connectivity index (χ1v) is 10.6. The van der Waals surface area contributed by atoms with E-state index in [4.69, 9.17) is 4.74 Å². The van der Waals surface area contributed by atoms with Gasteiger partial charge in [0.2, 0.25) is 0 Å². The summed E-state index contributed by atoms with van der Waals surface area (Å²) in [5, 5.41) is 9.32. The lowest BCUT2D eigenvalue weighted by Crippen LogP contribution is -2.23. The molecule has 0 atom stereocenters. The van der Waals surface area contributed by atoms with Crippen molar-refractivity contribution in [1.82, 2.24) is 20.1 Å². The van der Waals surface area contributed by atoms with Crippen molar-refractivity contribution >= 4 is 16.7 Å². The van der Waals surface area contributed by atoms with Crippen LogP contribution in [0.1, 0.15) is 15.9 Å². The molecule has 1 N–H and O–H groups in total. The number of carbonyl (C=O) groups excluding carboxylic acids is 1. The number of aromatic nitrogens is 3. The molecule has 162 valence electrons. The van der Waals surface area contributed by atoms with Crippen molar-refractivity contribution in [3.8, 4) is 22.6 Å². The number of rotatable bonds is 6. The summed E-state index contributed by atoms with van der Waals surface area (Å²) in [7, 11) is 1.66. The maximum Gasteiger partial charge on any atom is 0.251 e. The molecule has 0 unspecified atom stereocenters. The number of nitrogens with zero attached hydrogens (tertiary/aromatic N) is 3. The van der Waals surface area contributed by atoms with Gasteiger partial charge >= 0.3 is 0 Å². The van der Waals surface area contributed by atoms with Crippen molar-refractivity contribution in [3.05, 3.63) is 109 Å². The van der Waals surface area contributed by atoms with Gasteiger partial charge in [-0.15, -0.1) is 0 Å². The highest BCUT2D eigenvalue weighted by atomic mass is 16.5. The van der Waals surface area contributed by atoms with Gasteiger partial charge in [0.05, 0.1) is 12.8 Å². The number of pyridine rings is 1. The van der Waals surface area contributed by atoms with Crippen LogP contribution < -0.4 is 10.1 Å². The van der Waals surface area contributed by atoms with E-state index in [-0.39, 0.29) is 5.91 Å². The highest BCUT2D eigenvalue weighted by molar-refractivity contribution is 5.99. The van der Waals surface area contributed by atoms with Crippen LogP contribution in [0.15, 0.2) is 97.6 Å². The predicted molar refractivity (Wildman–Crippen MR) is 128 cm³/mol. The zero-order chi connectivity index (χ0) is 22.6. The maximum atomic E-state index is 12.7. The molecule has 0 fully saturated rings. The molecule has 2 aromatic heterocycles. The van der Waals surface area contributed by atoms with E-state index in [9.17, 15) is 4.79 Å². The Kier molecular flexibility index (Phi) is 5.55. The molecule has 0 aliphatic rings. The van der Waals surface area contributed by atoms with Gasteiger partial charge in [-0.05, 0) is 70.6 Å². The van der Waals surface area contributed by atoms with Crippen LogP contribution in [-0.4, -0.2) is 27.8 Å². The summed E-state index contributed by atoms with van der Waals surface area (Å²) in [5.74, 6) is 0.681. The van der Waals surface area contributed by atoms with E-state index in [1.165, 1.54) is 0 Å². The topological polar surface area (TPSA) is 69.0 Å². The second-order valence-corrected chi connectivity index (χ2v) is 7.61. The Hall–Kier alpha value is -4.45. The highest BCUT2D eigenvalue weighted by Gasteiger charge is 2.11. The van der Waals surface area contributed by atoms with Crippen molar-refractivity contribution in [2.75, 3.05) is 7.11 Å². The SMILES string of the molecule is COc1cccc(-c2ccc(CNC(=O)c3ccc(-n4cccn4)cc3)c3cnccc23)c1. The van der Waals surface area contributed by atoms with Crippen LogP contribution in [0.2, 0.25) is 0 Å². The minimum absolute atomic E-state index is 0.129. The van der Waals surface area contributed by atoms with Gasteiger partial charge in [0.15, 0.2) is 0 Å². The monoisotopic (exact) mass is 434 g/mol. The van der Waals surface area contributed by atoms with Gasteiger partial charge in [0, 0.05) is 42.3 Å². The fraction of sp³-hybridized carbons (Fsp3) is 0.0741. The van der Waals surface area contributed by atoms with Crippen molar-refractivity contribution in [2.45, 2.75) is 6.54 Å². The van der Waals surface area contributed by atoms with Crippen molar-refractivity contribution in [2.24, 2.45) is 0 Å². The Balaban J connectivity index is 1.38. The summed E-state index contributed by atoms with van der Waals surface area (Å²) in [4.78, 5) is 17.1. The normalized spacial score (nSPS) is 10.8. The van der Waals surface area contributed by atoms with Gasteiger partial charge in [0.25, 0.3) is 5.91 Å². The van der Waals surface area contributed by atoms with E-state index in [1.807, 2.05) is 60.9 Å². The molecular formula is C27H22N4O2. The van der Waals surface area contributed by atoms with Crippen molar-refractivity contribution < 1.29 is 9.53 Å². The van der Waals surface area contributed by atoms with E-state index in [0.29, 0.717) is 12.1 Å². The van der Waals surface area contributed by atoms with Crippen LogP contribution in [-0.2, 0) is 6.54 Å². The number of hydrogen-bond acceptors (Lipinski definition) is 4. The summed E-state index contributed by atoms with van der Waals surface area (Å²) in [5.41, 5.74) is 4.67. The molecule has 3 aromatic carbocycles. The Labute approximate surface area is 191 Å². The van der Waals surface area contributed by atoms with Crippen molar-refractivity contribution in [1.29, 1.82) is 0 Å². The number of carbonyl (C=O) groups is 1. The lowest BCUT2D eigenvalue weighted by molar-refractivity contribution is 0.0951. The molecule has 0 saturated heterocycles. The summed E-state index contributed by atoms with van der Waals surface area (Å²) in [6, 6.07) is 23.3. The van der Waals surface area contributed by atoms with Crippen LogP contribution in [0.3, 0.4) is 0 Å². The number of nitrogens with one attached hydrogen (secondary N) is 1. The fourth-order valence-electron chi connectivity index (χ4n) is 3.91. The second kappa shape index (κ2) is 8.96. The summed E-state index contributed by atoms with van der Waals surface area (Å²) in [6.45, 7) is 0.403. The Morgan fingerprint density at radius 2 is 1.85 bits per heavy atom. The van der Waals surface area contributed by atoms with Gasteiger partial charge in [-0.3, -0.25) is 9.78 Å². The summed E-state index contributed by atoms with van der Waals surface area (Å²) < 4.78 is 7.14. The smallest absolute Gasteiger partial charge is 0.251 e. The first-order valence-electron chi connectivity index (χ1n) is 10.6. The van der Waals surface area contributed by atoms with Crippen LogP contribution in [0.4, 0.5) is 0 Å². The molecule has 5 aromatic rings. The Bertz CT molecular complexity index is 1410.